The van der Waals surface area contributed by atoms with Crippen LogP contribution < -0.4 is 5.32 Å². The first-order valence-corrected chi connectivity index (χ1v) is 9.21. The number of hydrogen-bond donors (Lipinski definition) is 3. The van der Waals surface area contributed by atoms with Crippen molar-refractivity contribution < 1.29 is 24.5 Å². The molecular formula is C22H16N4O5. The maximum Gasteiger partial charge on any atom is 0.340 e. The highest BCUT2D eigenvalue weighted by atomic mass is 16.6. The molecule has 1 aliphatic heterocycles. The Morgan fingerprint density at radius 3 is 2.13 bits per heavy atom. The van der Waals surface area contributed by atoms with E-state index in [4.69, 9.17) is 10.3 Å². The second-order valence-corrected chi connectivity index (χ2v) is 6.86. The van der Waals surface area contributed by atoms with Gasteiger partial charge in [-0.15, -0.1) is 0 Å². The molecule has 0 spiro atoms. The van der Waals surface area contributed by atoms with Gasteiger partial charge in [-0.3, -0.25) is 4.79 Å². The van der Waals surface area contributed by atoms with E-state index in [0.29, 0.717) is 27.9 Å². The number of phenolic OH excluding ortho intramolecular Hbond substituents is 2. The van der Waals surface area contributed by atoms with Crippen LogP contribution in [0.5, 0.6) is 11.5 Å². The monoisotopic (exact) mass is 416 g/mol. The smallest absolute Gasteiger partial charge is 0.340 e. The van der Waals surface area contributed by atoms with Crippen molar-refractivity contribution in [3.8, 4) is 11.5 Å². The number of amides is 1. The van der Waals surface area contributed by atoms with Crippen molar-refractivity contribution in [2.75, 3.05) is 11.9 Å². The molecule has 3 aromatic carbocycles. The molecule has 0 atom stereocenters. The van der Waals surface area contributed by atoms with E-state index in [0.717, 1.165) is 0 Å². The third-order valence-corrected chi connectivity index (χ3v) is 4.97. The molecule has 1 heterocycles. The lowest BCUT2D eigenvalue weighted by atomic mass is 9.79. The van der Waals surface area contributed by atoms with Crippen molar-refractivity contribution in [3.05, 3.63) is 99.4 Å². The van der Waals surface area contributed by atoms with Crippen LogP contribution in [0, 0.1) is 0 Å². The normalized spacial score (nSPS) is 13.6. The molecule has 1 amide bonds. The third kappa shape index (κ3) is 3.50. The largest absolute Gasteiger partial charge is 0.508 e. The van der Waals surface area contributed by atoms with E-state index in [9.17, 15) is 19.8 Å². The zero-order valence-electron chi connectivity index (χ0n) is 16.0. The molecule has 9 nitrogen and oxygen atoms in total. The number of anilines is 1. The van der Waals surface area contributed by atoms with Crippen molar-refractivity contribution in [2.24, 2.45) is 5.11 Å². The second-order valence-electron chi connectivity index (χ2n) is 6.86. The lowest BCUT2D eigenvalue weighted by Gasteiger charge is -2.30. The van der Waals surface area contributed by atoms with Crippen LogP contribution in [0.4, 0.5) is 5.69 Å². The third-order valence-electron chi connectivity index (χ3n) is 4.97. The Morgan fingerprint density at radius 2 is 1.58 bits per heavy atom. The molecule has 154 valence electrons. The maximum atomic E-state index is 12.8. The van der Waals surface area contributed by atoms with Crippen molar-refractivity contribution >= 4 is 17.6 Å². The van der Waals surface area contributed by atoms with Crippen molar-refractivity contribution in [1.82, 2.24) is 0 Å². The Labute approximate surface area is 176 Å². The van der Waals surface area contributed by atoms with Gasteiger partial charge >= 0.3 is 5.97 Å². The summed E-state index contributed by atoms with van der Waals surface area (Å²) in [5, 5.41) is 25.3. The van der Waals surface area contributed by atoms with Gasteiger partial charge in [0.25, 0.3) is 0 Å². The first kappa shape index (κ1) is 19.8. The number of nitrogens with zero attached hydrogens (tertiary/aromatic N) is 3. The average Bonchev–Trinajstić information content (AvgIpc) is 3.06. The molecule has 0 radical (unpaired) electrons. The van der Waals surface area contributed by atoms with Crippen LogP contribution in [0.2, 0.25) is 0 Å². The summed E-state index contributed by atoms with van der Waals surface area (Å²) in [6.07, 6.45) is 0. The van der Waals surface area contributed by atoms with Gasteiger partial charge in [0.1, 0.15) is 18.0 Å². The molecule has 3 N–H and O–H groups in total. The topological polar surface area (TPSA) is 145 Å². The Balaban J connectivity index is 1.89. The SMILES string of the molecule is [N-]=[N+]=NCC(=O)Nc1ccc2c(c1)C(c1ccc(O)cc1)(c1ccc(O)cc1)OC2=O. The lowest BCUT2D eigenvalue weighted by molar-refractivity contribution is -0.114. The number of esters is 1. The van der Waals surface area contributed by atoms with Crippen LogP contribution in [-0.2, 0) is 15.1 Å². The van der Waals surface area contributed by atoms with E-state index in [2.05, 4.69) is 15.3 Å². The van der Waals surface area contributed by atoms with Gasteiger partial charge in [0.15, 0.2) is 5.60 Å². The summed E-state index contributed by atoms with van der Waals surface area (Å²) >= 11 is 0. The van der Waals surface area contributed by atoms with Crippen LogP contribution >= 0.6 is 0 Å². The Morgan fingerprint density at radius 1 is 1.00 bits per heavy atom. The number of carbonyl (C=O) groups excluding carboxylic acids is 2. The van der Waals surface area contributed by atoms with Gasteiger partial charge in [-0.2, -0.15) is 0 Å². The van der Waals surface area contributed by atoms with Crippen molar-refractivity contribution in [2.45, 2.75) is 5.60 Å². The Bertz CT molecular complexity index is 1170. The number of benzene rings is 3. The van der Waals surface area contributed by atoms with E-state index < -0.39 is 17.5 Å². The predicted octanol–water partition coefficient (Wildman–Crippen LogP) is 3.81. The quantitative estimate of drug-likeness (QED) is 0.251. The summed E-state index contributed by atoms with van der Waals surface area (Å²) in [5.41, 5.74) is 9.35. The molecule has 0 fully saturated rings. The molecule has 0 saturated heterocycles. The summed E-state index contributed by atoms with van der Waals surface area (Å²) < 4.78 is 5.91. The number of carbonyl (C=O) groups is 2. The molecule has 3 aromatic rings. The number of phenols is 2. The average molecular weight is 416 g/mol. The van der Waals surface area contributed by atoms with E-state index in [1.807, 2.05) is 0 Å². The predicted molar refractivity (Wildman–Crippen MR) is 111 cm³/mol. The minimum atomic E-state index is -1.36. The van der Waals surface area contributed by atoms with Gasteiger partial charge < -0.3 is 20.3 Å². The second kappa shape index (κ2) is 7.74. The summed E-state index contributed by atoms with van der Waals surface area (Å²) in [6.45, 7) is -0.371. The fraction of sp³-hybridized carbons (Fsp3) is 0.0909. The highest BCUT2D eigenvalue weighted by molar-refractivity contribution is 5.98. The highest BCUT2D eigenvalue weighted by Gasteiger charge is 2.48. The van der Waals surface area contributed by atoms with Crippen molar-refractivity contribution in [3.63, 3.8) is 0 Å². The summed E-state index contributed by atoms with van der Waals surface area (Å²) in [5.74, 6) is -0.965. The number of nitrogens with one attached hydrogen (secondary N) is 1. The number of aromatic hydroxyl groups is 2. The maximum absolute atomic E-state index is 12.8. The van der Waals surface area contributed by atoms with Crippen molar-refractivity contribution in [1.29, 1.82) is 0 Å². The number of ether oxygens (including phenoxy) is 1. The van der Waals surface area contributed by atoms with E-state index >= 15 is 0 Å². The van der Waals surface area contributed by atoms with Crippen LogP contribution in [0.3, 0.4) is 0 Å². The summed E-state index contributed by atoms with van der Waals surface area (Å²) in [7, 11) is 0. The Hall–Kier alpha value is -4.49. The summed E-state index contributed by atoms with van der Waals surface area (Å²) in [6, 6.07) is 17.2. The standard InChI is InChI=1S/C22H16N4O5/c23-26-24-12-20(29)25-15-5-10-18-19(11-15)22(31-21(18)30,13-1-6-16(27)7-2-13)14-3-8-17(28)9-4-14/h1-11,27-28H,12H2,(H,25,29). The van der Waals surface area contributed by atoms with Gasteiger partial charge in [-0.05, 0) is 48.0 Å². The zero-order valence-corrected chi connectivity index (χ0v) is 16.0. The molecule has 0 saturated carbocycles. The fourth-order valence-corrected chi connectivity index (χ4v) is 3.62. The first-order valence-electron chi connectivity index (χ1n) is 9.21. The van der Waals surface area contributed by atoms with Crippen LogP contribution in [0.1, 0.15) is 27.0 Å². The molecule has 0 aliphatic carbocycles. The number of azide groups is 1. The number of hydrogen-bond acceptors (Lipinski definition) is 6. The molecule has 0 aromatic heterocycles. The van der Waals surface area contributed by atoms with Gasteiger partial charge in [0, 0.05) is 27.3 Å². The molecule has 4 rings (SSSR count). The minimum absolute atomic E-state index is 0.0493. The zero-order chi connectivity index (χ0) is 22.0. The number of rotatable bonds is 5. The van der Waals surface area contributed by atoms with Crippen LogP contribution in [-0.4, -0.2) is 28.6 Å². The van der Waals surface area contributed by atoms with Gasteiger partial charge in [0.2, 0.25) is 5.91 Å². The van der Waals surface area contributed by atoms with E-state index in [1.54, 1.807) is 42.5 Å². The summed E-state index contributed by atoms with van der Waals surface area (Å²) in [4.78, 5) is 27.3. The lowest BCUT2D eigenvalue weighted by Crippen LogP contribution is -2.29. The molecule has 1 aliphatic rings. The van der Waals surface area contributed by atoms with Gasteiger partial charge in [0.05, 0.1) is 5.56 Å². The molecule has 0 unspecified atom stereocenters. The first-order chi connectivity index (χ1) is 14.9. The van der Waals surface area contributed by atoms with Gasteiger partial charge in [-0.25, -0.2) is 4.79 Å². The van der Waals surface area contributed by atoms with E-state index in [-0.39, 0.29) is 18.0 Å². The van der Waals surface area contributed by atoms with Gasteiger partial charge in [-0.1, -0.05) is 29.4 Å². The number of cyclic esters (lactones) is 1. The minimum Gasteiger partial charge on any atom is -0.508 e. The molecular weight excluding hydrogens is 400 g/mol. The molecule has 9 heteroatoms. The fourth-order valence-electron chi connectivity index (χ4n) is 3.62. The Kier molecular flexibility index (Phi) is 4.94. The molecule has 31 heavy (non-hydrogen) atoms. The van der Waals surface area contributed by atoms with E-state index in [1.165, 1.54) is 24.3 Å². The van der Waals surface area contributed by atoms with Crippen LogP contribution in [0.25, 0.3) is 10.4 Å². The van der Waals surface area contributed by atoms with Crippen LogP contribution in [0.15, 0.2) is 71.8 Å². The highest BCUT2D eigenvalue weighted by Crippen LogP contribution is 2.48. The number of fused-ring (bicyclic) bond motifs is 1. The molecule has 0 bridgehead atoms.